The van der Waals surface area contributed by atoms with Crippen molar-refractivity contribution >= 4 is 5.97 Å². The van der Waals surface area contributed by atoms with Crippen LogP contribution in [0.3, 0.4) is 0 Å². The van der Waals surface area contributed by atoms with E-state index in [1.54, 1.807) is 13.8 Å². The number of benzene rings is 1. The van der Waals surface area contributed by atoms with Crippen molar-refractivity contribution in [3.63, 3.8) is 0 Å². The lowest BCUT2D eigenvalue weighted by molar-refractivity contribution is -0.141. The molecule has 1 aliphatic rings. The first-order valence-electron chi connectivity index (χ1n) is 5.01. The van der Waals surface area contributed by atoms with Crippen LogP contribution >= 0.6 is 0 Å². The summed E-state index contributed by atoms with van der Waals surface area (Å²) in [6, 6.07) is 3.68. The van der Waals surface area contributed by atoms with Gasteiger partial charge in [-0.3, -0.25) is 4.79 Å². The van der Waals surface area contributed by atoms with Crippen LogP contribution < -0.4 is 0 Å². The monoisotopic (exact) mass is 226 g/mol. The number of hydrogen-bond acceptors (Lipinski definition) is 1. The maximum absolute atomic E-state index is 13.6. The maximum atomic E-state index is 13.6. The second-order valence-corrected chi connectivity index (χ2v) is 4.87. The van der Waals surface area contributed by atoms with Gasteiger partial charge in [0.1, 0.15) is 5.41 Å². The molecule has 4 heteroatoms. The van der Waals surface area contributed by atoms with Gasteiger partial charge in [0.2, 0.25) is 0 Å². The largest absolute Gasteiger partial charge is 0.481 e. The summed E-state index contributed by atoms with van der Waals surface area (Å²) in [6.07, 6.45) is 0.329. The molecule has 1 aromatic carbocycles. The highest BCUT2D eigenvalue weighted by atomic mass is 19.2. The molecule has 2 nitrogen and oxygen atoms in total. The van der Waals surface area contributed by atoms with Crippen molar-refractivity contribution in [2.45, 2.75) is 25.7 Å². The SMILES string of the molecule is CC1(C)CC1(C(=O)O)c1cccc(F)c1F. The Morgan fingerprint density at radius 2 is 1.94 bits per heavy atom. The van der Waals surface area contributed by atoms with Gasteiger partial charge in [-0.15, -0.1) is 0 Å². The second-order valence-electron chi connectivity index (χ2n) is 4.87. The second kappa shape index (κ2) is 3.03. The normalized spacial score (nSPS) is 26.5. The van der Waals surface area contributed by atoms with Crippen LogP contribution in [0.2, 0.25) is 0 Å². The Bertz CT molecular complexity index is 468. The lowest BCUT2D eigenvalue weighted by Gasteiger charge is -2.16. The van der Waals surface area contributed by atoms with Gasteiger partial charge in [0, 0.05) is 5.56 Å². The quantitative estimate of drug-likeness (QED) is 0.841. The number of carbonyl (C=O) groups is 1. The molecule has 1 atom stereocenters. The molecule has 1 aromatic rings. The van der Waals surface area contributed by atoms with E-state index in [0.29, 0.717) is 6.42 Å². The molecule has 1 saturated carbocycles. The first kappa shape index (κ1) is 11.0. The number of rotatable bonds is 2. The van der Waals surface area contributed by atoms with Crippen LogP contribution in [-0.4, -0.2) is 11.1 Å². The van der Waals surface area contributed by atoms with Crippen LogP contribution in [0.25, 0.3) is 0 Å². The van der Waals surface area contributed by atoms with Gasteiger partial charge >= 0.3 is 5.97 Å². The van der Waals surface area contributed by atoms with E-state index >= 15 is 0 Å². The fraction of sp³-hybridized carbons (Fsp3) is 0.417. The third kappa shape index (κ3) is 1.19. The van der Waals surface area contributed by atoms with Gasteiger partial charge < -0.3 is 5.11 Å². The molecule has 0 radical (unpaired) electrons. The molecule has 0 amide bonds. The van der Waals surface area contributed by atoms with Crippen LogP contribution in [-0.2, 0) is 10.2 Å². The molecule has 1 unspecified atom stereocenters. The Labute approximate surface area is 91.9 Å². The van der Waals surface area contributed by atoms with E-state index in [4.69, 9.17) is 0 Å². The highest BCUT2D eigenvalue weighted by Crippen LogP contribution is 2.64. The molecule has 0 spiro atoms. The standard InChI is InChI=1S/C12H12F2O2/c1-11(2)6-12(11,10(15)16)7-4-3-5-8(13)9(7)14/h3-5H,6H2,1-2H3,(H,15,16). The van der Waals surface area contributed by atoms with Crippen molar-refractivity contribution in [2.75, 3.05) is 0 Å². The lowest BCUT2D eigenvalue weighted by Crippen LogP contribution is -2.27. The Morgan fingerprint density at radius 3 is 2.38 bits per heavy atom. The number of hydrogen-bond donors (Lipinski definition) is 1. The molecule has 0 heterocycles. The zero-order valence-electron chi connectivity index (χ0n) is 9.05. The number of halogens is 2. The topological polar surface area (TPSA) is 37.3 Å². The van der Waals surface area contributed by atoms with Crippen molar-refractivity contribution < 1.29 is 18.7 Å². The molecular formula is C12H12F2O2. The summed E-state index contributed by atoms with van der Waals surface area (Å²) in [4.78, 5) is 11.3. The van der Waals surface area contributed by atoms with Crippen LogP contribution in [0, 0.1) is 17.0 Å². The van der Waals surface area contributed by atoms with E-state index in [1.165, 1.54) is 12.1 Å². The van der Waals surface area contributed by atoms with E-state index in [0.717, 1.165) is 6.07 Å². The van der Waals surface area contributed by atoms with Gasteiger partial charge in [-0.2, -0.15) is 0 Å². The molecule has 1 fully saturated rings. The molecule has 0 saturated heterocycles. The van der Waals surface area contributed by atoms with Crippen molar-refractivity contribution in [1.29, 1.82) is 0 Å². The summed E-state index contributed by atoms with van der Waals surface area (Å²) in [5.41, 5.74) is -1.86. The van der Waals surface area contributed by atoms with Gasteiger partial charge in [-0.1, -0.05) is 26.0 Å². The van der Waals surface area contributed by atoms with E-state index in [1.807, 2.05) is 0 Å². The predicted octanol–water partition coefficient (Wildman–Crippen LogP) is 2.72. The minimum atomic E-state index is -1.28. The maximum Gasteiger partial charge on any atom is 0.314 e. The number of carboxylic acid groups (broad SMARTS) is 1. The molecule has 0 aliphatic heterocycles. The highest BCUT2D eigenvalue weighted by molar-refractivity contribution is 5.87. The van der Waals surface area contributed by atoms with Crippen LogP contribution in [0.5, 0.6) is 0 Å². The third-order valence-corrected chi connectivity index (χ3v) is 3.51. The minimum Gasteiger partial charge on any atom is -0.481 e. The summed E-state index contributed by atoms with van der Waals surface area (Å²) >= 11 is 0. The molecule has 1 aliphatic carbocycles. The predicted molar refractivity (Wildman–Crippen MR) is 54.1 cm³/mol. The van der Waals surface area contributed by atoms with Crippen LogP contribution in [0.4, 0.5) is 8.78 Å². The first-order chi connectivity index (χ1) is 7.33. The number of aliphatic carboxylic acids is 1. The average molecular weight is 226 g/mol. The molecule has 16 heavy (non-hydrogen) atoms. The molecule has 0 bridgehead atoms. The Kier molecular flexibility index (Phi) is 2.09. The third-order valence-electron chi connectivity index (χ3n) is 3.51. The highest BCUT2D eigenvalue weighted by Gasteiger charge is 2.68. The Morgan fingerprint density at radius 1 is 1.38 bits per heavy atom. The summed E-state index contributed by atoms with van der Waals surface area (Å²) in [5, 5.41) is 9.22. The van der Waals surface area contributed by atoms with Gasteiger partial charge in [-0.05, 0) is 17.9 Å². The van der Waals surface area contributed by atoms with Gasteiger partial charge in [-0.25, -0.2) is 8.78 Å². The van der Waals surface area contributed by atoms with Gasteiger partial charge in [0.25, 0.3) is 0 Å². The van der Waals surface area contributed by atoms with Crippen molar-refractivity contribution in [3.8, 4) is 0 Å². The van der Waals surface area contributed by atoms with E-state index in [-0.39, 0.29) is 5.56 Å². The van der Waals surface area contributed by atoms with E-state index in [2.05, 4.69) is 0 Å². The Balaban J connectivity index is 2.60. The summed E-state index contributed by atoms with van der Waals surface area (Å²) in [5.74, 6) is -3.14. The zero-order chi connectivity index (χ0) is 12.1. The van der Waals surface area contributed by atoms with Crippen molar-refractivity contribution in [2.24, 2.45) is 5.41 Å². The van der Waals surface area contributed by atoms with Crippen LogP contribution in [0.1, 0.15) is 25.8 Å². The average Bonchev–Trinajstić information content (AvgIpc) is 2.75. The Hall–Kier alpha value is -1.45. The van der Waals surface area contributed by atoms with E-state index in [9.17, 15) is 18.7 Å². The first-order valence-corrected chi connectivity index (χ1v) is 5.01. The smallest absolute Gasteiger partial charge is 0.314 e. The lowest BCUT2D eigenvalue weighted by atomic mass is 9.87. The van der Waals surface area contributed by atoms with E-state index < -0.39 is 28.4 Å². The van der Waals surface area contributed by atoms with Gasteiger partial charge in [0.05, 0.1) is 0 Å². The fourth-order valence-corrected chi connectivity index (χ4v) is 2.39. The number of carboxylic acids is 1. The van der Waals surface area contributed by atoms with Crippen molar-refractivity contribution in [1.82, 2.24) is 0 Å². The zero-order valence-corrected chi connectivity index (χ0v) is 9.05. The summed E-state index contributed by atoms with van der Waals surface area (Å²) in [6.45, 7) is 3.48. The van der Waals surface area contributed by atoms with Crippen molar-refractivity contribution in [3.05, 3.63) is 35.4 Å². The molecule has 86 valence electrons. The summed E-state index contributed by atoms with van der Waals surface area (Å²) < 4.78 is 26.7. The van der Waals surface area contributed by atoms with Gasteiger partial charge in [0.15, 0.2) is 11.6 Å². The molecule has 0 aromatic heterocycles. The molecular weight excluding hydrogens is 214 g/mol. The molecule has 1 N–H and O–H groups in total. The van der Waals surface area contributed by atoms with Crippen LogP contribution in [0.15, 0.2) is 18.2 Å². The fourth-order valence-electron chi connectivity index (χ4n) is 2.39. The summed E-state index contributed by atoms with van der Waals surface area (Å²) in [7, 11) is 0. The molecule has 2 rings (SSSR count). The minimum absolute atomic E-state index is 0.0509.